The molecule has 0 radical (unpaired) electrons. The fraction of sp³-hybridized carbons (Fsp3) is 0.600. The summed E-state index contributed by atoms with van der Waals surface area (Å²) >= 11 is 0. The highest BCUT2D eigenvalue weighted by molar-refractivity contribution is 5.94. The van der Waals surface area contributed by atoms with Crippen molar-refractivity contribution in [3.8, 4) is 17.1 Å². The van der Waals surface area contributed by atoms with Crippen LogP contribution in [0.1, 0.15) is 49.0 Å². The molecule has 2 aromatic heterocycles. The molecular weight excluding hydrogens is 508 g/mol. The van der Waals surface area contributed by atoms with Gasteiger partial charge < -0.3 is 15.0 Å². The number of carbonyl (C=O) groups excluding carboxylic acids is 2. The van der Waals surface area contributed by atoms with Gasteiger partial charge in [-0.15, -0.1) is 0 Å². The predicted molar refractivity (Wildman–Crippen MR) is 128 cm³/mol. The van der Waals surface area contributed by atoms with Gasteiger partial charge in [0.15, 0.2) is 11.5 Å². The third kappa shape index (κ3) is 5.07. The number of hydrogen-bond donors (Lipinski definition) is 2. The quantitative estimate of drug-likeness (QED) is 0.567. The average Bonchev–Trinajstić information content (AvgIpc) is 3.45. The van der Waals surface area contributed by atoms with Crippen LogP contribution < -0.4 is 10.1 Å². The van der Waals surface area contributed by atoms with E-state index in [1.807, 2.05) is 0 Å². The number of carbonyl (C=O) groups is 2. The Kier molecular flexibility index (Phi) is 7.05. The lowest BCUT2D eigenvalue weighted by Crippen LogP contribution is -2.56. The van der Waals surface area contributed by atoms with E-state index in [1.54, 1.807) is 4.90 Å². The Hall–Kier alpha value is -3.22. The second kappa shape index (κ2) is 10.2. The fourth-order valence-electron chi connectivity index (χ4n) is 6.16. The molecular formula is C25H30F4N6O3. The normalized spacial score (nSPS) is 27.8. The molecule has 13 heteroatoms. The molecule has 5 rings (SSSR count). The third-order valence-electron chi connectivity index (χ3n) is 8.02. The summed E-state index contributed by atoms with van der Waals surface area (Å²) in [6.45, 7) is 0.144. The van der Waals surface area contributed by atoms with Crippen LogP contribution in [-0.4, -0.2) is 87.8 Å². The van der Waals surface area contributed by atoms with Gasteiger partial charge in [0.25, 0.3) is 5.91 Å². The summed E-state index contributed by atoms with van der Waals surface area (Å²) in [5.74, 6) is -1.12. The first kappa shape index (κ1) is 26.4. The van der Waals surface area contributed by atoms with E-state index in [9.17, 15) is 27.2 Å². The number of fused-ring (bicyclic) bond motifs is 2. The first-order valence-corrected chi connectivity index (χ1v) is 12.7. The molecule has 3 fully saturated rings. The molecule has 5 heterocycles. The van der Waals surface area contributed by atoms with E-state index >= 15 is 0 Å². The second-order valence-corrected chi connectivity index (χ2v) is 10.4. The van der Waals surface area contributed by atoms with Crippen molar-refractivity contribution < 1.29 is 31.9 Å². The summed E-state index contributed by atoms with van der Waals surface area (Å²) in [6, 6.07) is 0.806. The number of aromatic amines is 1. The van der Waals surface area contributed by atoms with Gasteiger partial charge in [-0.25, -0.2) is 9.37 Å². The molecule has 9 nitrogen and oxygen atoms in total. The van der Waals surface area contributed by atoms with E-state index in [4.69, 9.17) is 4.74 Å². The Morgan fingerprint density at radius 3 is 2.47 bits per heavy atom. The number of nitrogens with zero attached hydrogens (tertiary/aromatic N) is 4. The minimum Gasteiger partial charge on any atom is -0.481 e. The summed E-state index contributed by atoms with van der Waals surface area (Å²) in [4.78, 5) is 33.2. The molecule has 5 atom stereocenters. The van der Waals surface area contributed by atoms with Crippen LogP contribution in [0.25, 0.3) is 11.3 Å². The number of rotatable bonds is 5. The van der Waals surface area contributed by atoms with Crippen LogP contribution >= 0.6 is 0 Å². The van der Waals surface area contributed by atoms with E-state index in [1.165, 1.54) is 31.2 Å². The van der Waals surface area contributed by atoms with Crippen LogP contribution in [0.15, 0.2) is 18.3 Å². The van der Waals surface area contributed by atoms with Gasteiger partial charge in [-0.2, -0.15) is 18.3 Å². The smallest absolute Gasteiger partial charge is 0.404 e. The minimum atomic E-state index is -4.28. The molecule has 0 saturated carbocycles. The molecule has 0 aromatic carbocycles. The highest BCUT2D eigenvalue weighted by Crippen LogP contribution is 2.40. The lowest BCUT2D eigenvalue weighted by Gasteiger charge is -2.40. The second-order valence-electron chi connectivity index (χ2n) is 10.4. The van der Waals surface area contributed by atoms with E-state index in [0.29, 0.717) is 18.5 Å². The van der Waals surface area contributed by atoms with E-state index in [2.05, 4.69) is 20.5 Å². The van der Waals surface area contributed by atoms with Gasteiger partial charge >= 0.3 is 6.18 Å². The maximum absolute atomic E-state index is 14.3. The van der Waals surface area contributed by atoms with Crippen molar-refractivity contribution in [1.29, 1.82) is 0 Å². The molecule has 2 amide bonds. The summed E-state index contributed by atoms with van der Waals surface area (Å²) in [7, 11) is 2.85. The summed E-state index contributed by atoms with van der Waals surface area (Å²) in [5.41, 5.74) is 0.648. The SMILES string of the molecule is COc1cc(-c2cc(C(=O)N3[C@@H]4CC[C@H]3C[C@H](C(=O)N[C@@H]3CC[C@H](C(F)(F)F)N(C)C3)C4)n[nH]2)c(F)cn1. The number of likely N-dealkylation sites (N-methyl/N-ethyl adjacent to an activating group) is 1. The lowest BCUT2D eigenvalue weighted by molar-refractivity contribution is -0.188. The van der Waals surface area contributed by atoms with Gasteiger partial charge in [0.05, 0.1) is 19.0 Å². The van der Waals surface area contributed by atoms with E-state index < -0.39 is 18.0 Å². The number of likely N-dealkylation sites (tertiary alicyclic amines) is 1. The van der Waals surface area contributed by atoms with Crippen LogP contribution in [0.2, 0.25) is 0 Å². The van der Waals surface area contributed by atoms with Crippen LogP contribution in [0.4, 0.5) is 17.6 Å². The molecule has 2 bridgehead atoms. The Bertz CT molecular complexity index is 1190. The maximum atomic E-state index is 14.3. The molecule has 0 spiro atoms. The Morgan fingerprint density at radius 2 is 1.84 bits per heavy atom. The molecule has 3 aliphatic heterocycles. The third-order valence-corrected chi connectivity index (χ3v) is 8.02. The van der Waals surface area contributed by atoms with Crippen molar-refractivity contribution in [2.45, 2.75) is 68.9 Å². The van der Waals surface area contributed by atoms with Crippen molar-refractivity contribution in [3.63, 3.8) is 0 Å². The van der Waals surface area contributed by atoms with Crippen molar-refractivity contribution in [2.75, 3.05) is 20.7 Å². The number of alkyl halides is 3. The van der Waals surface area contributed by atoms with Gasteiger partial charge in [0, 0.05) is 42.2 Å². The average molecular weight is 539 g/mol. The number of pyridine rings is 1. The van der Waals surface area contributed by atoms with Crippen molar-refractivity contribution in [2.24, 2.45) is 5.92 Å². The highest BCUT2D eigenvalue weighted by Gasteiger charge is 2.47. The number of hydrogen-bond acceptors (Lipinski definition) is 6. The zero-order valence-electron chi connectivity index (χ0n) is 21.1. The molecule has 3 saturated heterocycles. The van der Waals surface area contributed by atoms with Gasteiger partial charge in [0.1, 0.15) is 6.04 Å². The van der Waals surface area contributed by atoms with Crippen molar-refractivity contribution in [1.82, 2.24) is 30.3 Å². The number of amides is 2. The van der Waals surface area contributed by atoms with Crippen LogP contribution in [0, 0.1) is 11.7 Å². The van der Waals surface area contributed by atoms with E-state index in [0.717, 1.165) is 19.0 Å². The number of ether oxygens (including phenoxy) is 1. The van der Waals surface area contributed by atoms with Crippen molar-refractivity contribution >= 4 is 11.8 Å². The predicted octanol–water partition coefficient (Wildman–Crippen LogP) is 3.14. The minimum absolute atomic E-state index is 0.0506. The standard InChI is InChI=1S/C25H30F4N6O3/c1-34-12-14(3-6-21(34)25(27,28)29)31-23(36)13-7-15-4-5-16(8-13)35(15)24(37)20-10-19(32-33-20)17-9-22(38-2)30-11-18(17)26/h9-11,13-16,21H,3-8,12H2,1-2H3,(H,31,36)(H,32,33)/t13-,14-,15-,16+,21-/m1/s1. The highest BCUT2D eigenvalue weighted by atomic mass is 19.4. The first-order chi connectivity index (χ1) is 18.0. The largest absolute Gasteiger partial charge is 0.481 e. The first-order valence-electron chi connectivity index (χ1n) is 12.7. The van der Waals surface area contributed by atoms with Gasteiger partial charge in [-0.1, -0.05) is 0 Å². The summed E-state index contributed by atoms with van der Waals surface area (Å²) in [6.07, 6.45) is -0.547. The summed E-state index contributed by atoms with van der Waals surface area (Å²) < 4.78 is 58.8. The van der Waals surface area contributed by atoms with Crippen LogP contribution in [0.5, 0.6) is 5.88 Å². The molecule has 38 heavy (non-hydrogen) atoms. The number of aromatic nitrogens is 3. The number of methoxy groups -OCH3 is 1. The number of halogens is 4. The molecule has 3 aliphatic rings. The monoisotopic (exact) mass is 538 g/mol. The van der Waals surface area contributed by atoms with Crippen molar-refractivity contribution in [3.05, 3.63) is 29.8 Å². The van der Waals surface area contributed by atoms with Crippen LogP contribution in [-0.2, 0) is 4.79 Å². The topological polar surface area (TPSA) is 103 Å². The molecule has 2 aromatic rings. The molecule has 2 N–H and O–H groups in total. The maximum Gasteiger partial charge on any atom is 0.404 e. The summed E-state index contributed by atoms with van der Waals surface area (Å²) in [5, 5.41) is 9.78. The zero-order valence-corrected chi connectivity index (χ0v) is 21.1. The molecule has 0 unspecified atom stereocenters. The Balaban J connectivity index is 1.21. The van der Waals surface area contributed by atoms with Gasteiger partial charge in [0.2, 0.25) is 11.8 Å². The fourth-order valence-corrected chi connectivity index (χ4v) is 6.16. The number of H-pyrrole nitrogens is 1. The van der Waals surface area contributed by atoms with E-state index in [-0.39, 0.29) is 72.4 Å². The Labute approximate surface area is 216 Å². The Morgan fingerprint density at radius 1 is 1.13 bits per heavy atom. The molecule has 206 valence electrons. The van der Waals surface area contributed by atoms with Gasteiger partial charge in [-0.3, -0.25) is 19.6 Å². The van der Waals surface area contributed by atoms with Gasteiger partial charge in [-0.05, 0) is 51.6 Å². The number of nitrogens with one attached hydrogen (secondary N) is 2. The number of piperidine rings is 2. The zero-order chi connectivity index (χ0) is 27.2. The molecule has 0 aliphatic carbocycles. The lowest BCUT2D eigenvalue weighted by atomic mass is 9.89. The van der Waals surface area contributed by atoms with Crippen LogP contribution in [0.3, 0.4) is 0 Å².